The highest BCUT2D eigenvalue weighted by molar-refractivity contribution is 8.00. The number of furan rings is 1. The molecule has 1 saturated heterocycles. The summed E-state index contributed by atoms with van der Waals surface area (Å²) >= 11 is 1.55. The third-order valence-electron chi connectivity index (χ3n) is 5.33. The van der Waals surface area contributed by atoms with Crippen LogP contribution in [0.1, 0.15) is 27.1 Å². The number of thioether (sulfide) groups is 1. The van der Waals surface area contributed by atoms with E-state index in [2.05, 4.69) is 5.32 Å². The Morgan fingerprint density at radius 1 is 1.06 bits per heavy atom. The minimum Gasteiger partial charge on any atom is -0.467 e. The third kappa shape index (κ3) is 3.70. The molecule has 2 aliphatic rings. The number of benzene rings is 2. The monoisotopic (exact) mass is 433 g/mol. The van der Waals surface area contributed by atoms with E-state index in [1.54, 1.807) is 47.2 Å². The molecule has 3 amide bonds. The summed E-state index contributed by atoms with van der Waals surface area (Å²) in [4.78, 5) is 40.8. The Morgan fingerprint density at radius 3 is 2.65 bits per heavy atom. The molecule has 3 heterocycles. The van der Waals surface area contributed by atoms with Gasteiger partial charge in [0.25, 0.3) is 5.91 Å². The van der Waals surface area contributed by atoms with Crippen LogP contribution in [0.25, 0.3) is 0 Å². The molecule has 1 atom stereocenters. The van der Waals surface area contributed by atoms with E-state index in [0.29, 0.717) is 29.2 Å². The largest absolute Gasteiger partial charge is 0.467 e. The van der Waals surface area contributed by atoms with Crippen LogP contribution in [0.2, 0.25) is 0 Å². The maximum Gasteiger partial charge on any atom is 0.258 e. The minimum atomic E-state index is -0.239. The van der Waals surface area contributed by atoms with E-state index in [4.69, 9.17) is 4.42 Å². The molecule has 0 saturated carbocycles. The van der Waals surface area contributed by atoms with Crippen LogP contribution in [-0.4, -0.2) is 34.9 Å². The van der Waals surface area contributed by atoms with E-state index in [1.807, 2.05) is 36.4 Å². The van der Waals surface area contributed by atoms with Gasteiger partial charge in [0.2, 0.25) is 11.8 Å². The van der Waals surface area contributed by atoms with Gasteiger partial charge < -0.3 is 14.6 Å². The average Bonchev–Trinajstić information content (AvgIpc) is 3.43. The molecule has 0 bridgehead atoms. The average molecular weight is 433 g/mol. The van der Waals surface area contributed by atoms with Crippen molar-refractivity contribution in [2.45, 2.75) is 11.9 Å². The first kappa shape index (κ1) is 19.4. The number of fused-ring (bicyclic) bond motifs is 1. The maximum atomic E-state index is 13.1. The van der Waals surface area contributed by atoms with E-state index in [-0.39, 0.29) is 29.6 Å². The van der Waals surface area contributed by atoms with Gasteiger partial charge in [0.05, 0.1) is 29.9 Å². The number of carbonyl (C=O) groups excluding carboxylic acids is 3. The number of nitrogens with zero attached hydrogens (tertiary/aromatic N) is 2. The van der Waals surface area contributed by atoms with Crippen LogP contribution in [-0.2, 0) is 16.1 Å². The molecule has 1 N–H and O–H groups in total. The topological polar surface area (TPSA) is 82.9 Å². The molecule has 5 rings (SSSR count). The zero-order chi connectivity index (χ0) is 21.4. The Kier molecular flexibility index (Phi) is 4.99. The van der Waals surface area contributed by atoms with Crippen LogP contribution < -0.4 is 10.2 Å². The molecule has 1 aromatic heterocycles. The van der Waals surface area contributed by atoms with Crippen molar-refractivity contribution in [2.75, 3.05) is 22.5 Å². The molecule has 156 valence electrons. The van der Waals surface area contributed by atoms with Gasteiger partial charge in [-0.15, -0.1) is 11.8 Å². The number of nitrogens with one attached hydrogen (secondary N) is 1. The van der Waals surface area contributed by atoms with Gasteiger partial charge >= 0.3 is 0 Å². The van der Waals surface area contributed by atoms with Crippen molar-refractivity contribution in [3.8, 4) is 0 Å². The molecular weight excluding hydrogens is 414 g/mol. The first-order valence-corrected chi connectivity index (χ1v) is 10.9. The molecular formula is C23H19N3O4S. The Balaban J connectivity index is 1.37. The fourth-order valence-electron chi connectivity index (χ4n) is 3.83. The summed E-state index contributed by atoms with van der Waals surface area (Å²) in [5, 5.41) is 2.65. The van der Waals surface area contributed by atoms with Crippen molar-refractivity contribution in [3.63, 3.8) is 0 Å². The van der Waals surface area contributed by atoms with E-state index in [9.17, 15) is 14.4 Å². The van der Waals surface area contributed by atoms with E-state index < -0.39 is 0 Å². The summed E-state index contributed by atoms with van der Waals surface area (Å²) in [6.45, 7) is 0.380. The van der Waals surface area contributed by atoms with Crippen LogP contribution in [0.3, 0.4) is 0 Å². The lowest BCUT2D eigenvalue weighted by Crippen LogP contribution is -2.42. The van der Waals surface area contributed by atoms with Crippen molar-refractivity contribution >= 4 is 40.9 Å². The fourth-order valence-corrected chi connectivity index (χ4v) is 5.02. The van der Waals surface area contributed by atoms with Gasteiger partial charge in [-0.1, -0.05) is 24.3 Å². The lowest BCUT2D eigenvalue weighted by atomic mass is 10.1. The molecule has 0 spiro atoms. The van der Waals surface area contributed by atoms with Crippen molar-refractivity contribution < 1.29 is 18.8 Å². The lowest BCUT2D eigenvalue weighted by molar-refractivity contribution is -0.128. The molecule has 1 unspecified atom stereocenters. The fraction of sp³-hybridized carbons (Fsp3) is 0.174. The number of hydrogen-bond acceptors (Lipinski definition) is 5. The van der Waals surface area contributed by atoms with E-state index >= 15 is 0 Å². The number of rotatable bonds is 4. The highest BCUT2D eigenvalue weighted by Gasteiger charge is 2.34. The Bertz CT molecular complexity index is 1140. The summed E-state index contributed by atoms with van der Waals surface area (Å²) in [7, 11) is 0. The van der Waals surface area contributed by atoms with Crippen LogP contribution in [0, 0.1) is 0 Å². The minimum absolute atomic E-state index is 0.0263. The smallest absolute Gasteiger partial charge is 0.258 e. The van der Waals surface area contributed by atoms with E-state index in [0.717, 1.165) is 11.3 Å². The Hall–Kier alpha value is -3.52. The highest BCUT2D eigenvalue weighted by atomic mass is 32.2. The highest BCUT2D eigenvalue weighted by Crippen LogP contribution is 2.40. The van der Waals surface area contributed by atoms with Gasteiger partial charge in [-0.2, -0.15) is 0 Å². The first-order valence-electron chi connectivity index (χ1n) is 9.84. The quantitative estimate of drug-likeness (QED) is 0.679. The van der Waals surface area contributed by atoms with Crippen molar-refractivity contribution in [3.05, 3.63) is 83.8 Å². The molecule has 2 aromatic carbocycles. The summed E-state index contributed by atoms with van der Waals surface area (Å²) in [5.74, 6) is 0.734. The zero-order valence-corrected chi connectivity index (χ0v) is 17.3. The van der Waals surface area contributed by atoms with E-state index in [1.165, 1.54) is 4.90 Å². The summed E-state index contributed by atoms with van der Waals surface area (Å²) in [6, 6.07) is 18.1. The normalized spacial score (nSPS) is 18.1. The van der Waals surface area contributed by atoms with Gasteiger partial charge in [0, 0.05) is 5.56 Å². The summed E-state index contributed by atoms with van der Waals surface area (Å²) in [6.07, 6.45) is 1.59. The molecule has 7 nitrogen and oxygen atoms in total. The number of carbonyl (C=O) groups is 3. The molecule has 3 aromatic rings. The van der Waals surface area contributed by atoms with Crippen LogP contribution >= 0.6 is 11.8 Å². The summed E-state index contributed by atoms with van der Waals surface area (Å²) in [5.41, 5.74) is 2.73. The SMILES string of the molecule is O=C1CN(C(=O)c2ccc(C3SCC(=O)N3Cc3ccco3)cc2)c2ccccc2N1. The standard InChI is InChI=1S/C23H19N3O4S/c27-20-13-25(19-6-2-1-5-18(19)24-20)22(29)15-7-9-16(10-8-15)23-26(21(28)14-31-23)12-17-4-3-11-30-17/h1-11,23H,12-14H2,(H,24,27). The number of para-hydroxylation sites is 2. The van der Waals surface area contributed by atoms with Gasteiger partial charge in [-0.3, -0.25) is 19.3 Å². The van der Waals surface area contributed by atoms with Gasteiger partial charge in [-0.25, -0.2) is 0 Å². The van der Waals surface area contributed by atoms with Crippen molar-refractivity contribution in [2.24, 2.45) is 0 Å². The van der Waals surface area contributed by atoms with Crippen LogP contribution in [0.5, 0.6) is 0 Å². The number of amides is 3. The Labute approximate surface area is 183 Å². The molecule has 31 heavy (non-hydrogen) atoms. The number of anilines is 2. The second kappa shape index (κ2) is 7.96. The molecule has 0 aliphatic carbocycles. The van der Waals surface area contributed by atoms with Gasteiger partial charge in [-0.05, 0) is 42.0 Å². The molecule has 8 heteroatoms. The van der Waals surface area contributed by atoms with Crippen molar-refractivity contribution in [1.82, 2.24) is 4.90 Å². The van der Waals surface area contributed by atoms with Crippen molar-refractivity contribution in [1.29, 1.82) is 0 Å². The molecule has 1 fully saturated rings. The third-order valence-corrected chi connectivity index (χ3v) is 6.59. The molecule has 2 aliphatic heterocycles. The zero-order valence-electron chi connectivity index (χ0n) is 16.5. The lowest BCUT2D eigenvalue weighted by Gasteiger charge is -2.29. The molecule has 0 radical (unpaired) electrons. The maximum absolute atomic E-state index is 13.1. The van der Waals surface area contributed by atoms with Gasteiger partial charge in [0.15, 0.2) is 0 Å². The van der Waals surface area contributed by atoms with Crippen LogP contribution in [0.15, 0.2) is 71.3 Å². The second-order valence-corrected chi connectivity index (χ2v) is 8.41. The second-order valence-electron chi connectivity index (χ2n) is 7.34. The first-order chi connectivity index (χ1) is 15.1. The predicted molar refractivity (Wildman–Crippen MR) is 118 cm³/mol. The van der Waals surface area contributed by atoms with Crippen LogP contribution in [0.4, 0.5) is 11.4 Å². The Morgan fingerprint density at radius 2 is 1.87 bits per heavy atom. The van der Waals surface area contributed by atoms with Gasteiger partial charge in [0.1, 0.15) is 17.7 Å². The number of hydrogen-bond donors (Lipinski definition) is 1. The summed E-state index contributed by atoms with van der Waals surface area (Å²) < 4.78 is 5.40. The predicted octanol–water partition coefficient (Wildman–Crippen LogP) is 3.65.